The number of hydrogen-bond acceptors (Lipinski definition) is 6. The molecule has 2 heterocycles. The third-order valence-electron chi connectivity index (χ3n) is 1.99. The molecule has 0 bridgehead atoms. The molecular weight excluding hydrogens is 240 g/mol. The van der Waals surface area contributed by atoms with Crippen molar-refractivity contribution in [2.45, 2.75) is 0 Å². The summed E-state index contributed by atoms with van der Waals surface area (Å²) in [5.74, 6) is -1.22. The van der Waals surface area contributed by atoms with Gasteiger partial charge >= 0.3 is 0 Å². The molecule has 1 aromatic heterocycles. The van der Waals surface area contributed by atoms with Gasteiger partial charge in [0.25, 0.3) is 11.8 Å². The van der Waals surface area contributed by atoms with Crippen LogP contribution in [0.3, 0.4) is 0 Å². The van der Waals surface area contributed by atoms with Gasteiger partial charge in [0, 0.05) is 16.6 Å². The van der Waals surface area contributed by atoms with E-state index < -0.39 is 11.8 Å². The zero-order chi connectivity index (χ0) is 12.4. The van der Waals surface area contributed by atoms with Crippen LogP contribution in [0.25, 0.3) is 6.08 Å². The first-order chi connectivity index (χ1) is 8.10. The normalized spacial score (nSPS) is 17.6. The first-order valence-electron chi connectivity index (χ1n) is 4.50. The molecule has 6 nitrogen and oxygen atoms in total. The number of thiazole rings is 1. The van der Waals surface area contributed by atoms with E-state index in [9.17, 15) is 9.59 Å². The fraction of sp³-hybridized carbons (Fsp3) is 0. The smallest absolute Gasteiger partial charge is 0.268 e. The number of carbonyl (C=O) groups excluding carboxylic acids is 2. The van der Waals surface area contributed by atoms with Gasteiger partial charge in [0.2, 0.25) is 0 Å². The van der Waals surface area contributed by atoms with E-state index in [4.69, 9.17) is 11.0 Å². The molecule has 1 aliphatic heterocycles. The Labute approximate surface area is 100 Å². The topological polar surface area (TPSA) is 109 Å². The number of nitrogens with one attached hydrogen (secondary N) is 1. The van der Waals surface area contributed by atoms with Crippen molar-refractivity contribution in [1.82, 2.24) is 10.3 Å². The first-order valence-corrected chi connectivity index (χ1v) is 5.32. The minimum atomic E-state index is -0.682. The average molecular weight is 246 g/mol. The number of hydrogen-bond donors (Lipinski definition) is 2. The highest BCUT2D eigenvalue weighted by Crippen LogP contribution is 2.20. The molecule has 0 saturated carbocycles. The Morgan fingerprint density at radius 2 is 2.24 bits per heavy atom. The molecule has 3 N–H and O–H groups in total. The van der Waals surface area contributed by atoms with Gasteiger partial charge in [-0.25, -0.2) is 4.98 Å². The third kappa shape index (κ3) is 2.21. The van der Waals surface area contributed by atoms with E-state index in [1.807, 2.05) is 0 Å². The van der Waals surface area contributed by atoms with Gasteiger partial charge in [-0.05, 0) is 12.2 Å². The fourth-order valence-electron chi connectivity index (χ4n) is 1.24. The maximum absolute atomic E-state index is 11.5. The molecule has 0 unspecified atom stereocenters. The third-order valence-corrected chi connectivity index (χ3v) is 2.77. The van der Waals surface area contributed by atoms with Gasteiger partial charge in [-0.2, -0.15) is 5.26 Å². The number of nitrogens with zero attached hydrogens (tertiary/aromatic N) is 2. The van der Waals surface area contributed by atoms with Crippen LogP contribution in [0.5, 0.6) is 0 Å². The molecule has 0 aliphatic carbocycles. The Bertz CT molecular complexity index is 606. The summed E-state index contributed by atoms with van der Waals surface area (Å²) in [5.41, 5.74) is 5.57. The molecule has 0 spiro atoms. The Hall–Kier alpha value is -2.46. The monoisotopic (exact) mass is 246 g/mol. The number of nitrogens with two attached hydrogens (primary N) is 1. The molecule has 0 aromatic carbocycles. The van der Waals surface area contributed by atoms with Crippen LogP contribution in [0.15, 0.2) is 23.4 Å². The molecule has 7 heteroatoms. The van der Waals surface area contributed by atoms with Crippen LogP contribution < -0.4 is 11.1 Å². The van der Waals surface area contributed by atoms with E-state index in [1.54, 1.807) is 6.07 Å². The van der Waals surface area contributed by atoms with Gasteiger partial charge in [-0.15, -0.1) is 0 Å². The number of anilines is 1. The molecule has 1 aliphatic rings. The van der Waals surface area contributed by atoms with Crippen molar-refractivity contribution in [3.8, 4) is 6.07 Å². The first kappa shape index (κ1) is 11.0. The van der Waals surface area contributed by atoms with Gasteiger partial charge in [0.15, 0.2) is 5.13 Å². The molecule has 17 heavy (non-hydrogen) atoms. The van der Waals surface area contributed by atoms with Crippen LogP contribution in [0, 0.1) is 11.3 Å². The molecule has 0 saturated heterocycles. The summed E-state index contributed by atoms with van der Waals surface area (Å²) in [6.45, 7) is 0. The lowest BCUT2D eigenvalue weighted by Gasteiger charge is -2.09. The van der Waals surface area contributed by atoms with E-state index in [-0.39, 0.29) is 11.1 Å². The maximum atomic E-state index is 11.5. The van der Waals surface area contributed by atoms with Gasteiger partial charge in [-0.3, -0.25) is 14.9 Å². The van der Waals surface area contributed by atoms with Crippen molar-refractivity contribution >= 4 is 34.4 Å². The summed E-state index contributed by atoms with van der Waals surface area (Å²) in [7, 11) is 0. The molecule has 0 atom stereocenters. The number of nitrogen functional groups attached to an aromatic ring is 1. The summed E-state index contributed by atoms with van der Waals surface area (Å²) in [6, 6.07) is 1.71. The zero-order valence-electron chi connectivity index (χ0n) is 8.43. The Kier molecular flexibility index (Phi) is 2.72. The SMILES string of the molecule is N#CC1=C/C(=C/c2cnc(N)s2)C(=O)NC1=O. The van der Waals surface area contributed by atoms with Gasteiger partial charge in [0.05, 0.1) is 0 Å². The number of rotatable bonds is 1. The van der Waals surface area contributed by atoms with Crippen molar-refractivity contribution in [3.05, 3.63) is 28.3 Å². The molecule has 0 fully saturated rings. The summed E-state index contributed by atoms with van der Waals surface area (Å²) < 4.78 is 0. The largest absolute Gasteiger partial charge is 0.375 e. The zero-order valence-corrected chi connectivity index (χ0v) is 9.25. The van der Waals surface area contributed by atoms with Crippen LogP contribution >= 0.6 is 11.3 Å². The molecular formula is C10H6N4O2S. The standard InChI is InChI=1S/C10H6N4O2S/c11-3-6-1-5(8(15)14-9(6)16)2-7-4-13-10(12)17-7/h1-2,4H,(H2,12,13)(H,14,15,16)/b5-2-. The van der Waals surface area contributed by atoms with Crippen molar-refractivity contribution in [1.29, 1.82) is 5.26 Å². The lowest BCUT2D eigenvalue weighted by molar-refractivity contribution is -0.126. The Morgan fingerprint density at radius 3 is 2.82 bits per heavy atom. The maximum Gasteiger partial charge on any atom is 0.268 e. The van der Waals surface area contributed by atoms with E-state index >= 15 is 0 Å². The van der Waals surface area contributed by atoms with Gasteiger partial charge in [-0.1, -0.05) is 11.3 Å². The Balaban J connectivity index is 2.42. The van der Waals surface area contributed by atoms with Crippen molar-refractivity contribution < 1.29 is 9.59 Å². The summed E-state index contributed by atoms with van der Waals surface area (Å²) in [5, 5.41) is 11.1. The molecule has 2 rings (SSSR count). The number of imide groups is 1. The van der Waals surface area contributed by atoms with Gasteiger partial charge < -0.3 is 5.73 Å². The predicted octanol–water partition coefficient (Wildman–Crippen LogP) is 0.215. The average Bonchev–Trinajstić information content (AvgIpc) is 2.68. The van der Waals surface area contributed by atoms with E-state index in [2.05, 4.69) is 10.3 Å². The highest BCUT2D eigenvalue weighted by molar-refractivity contribution is 7.16. The molecule has 0 radical (unpaired) electrons. The highest BCUT2D eigenvalue weighted by atomic mass is 32.1. The minimum Gasteiger partial charge on any atom is -0.375 e. The van der Waals surface area contributed by atoms with Crippen LogP contribution in [0.4, 0.5) is 5.13 Å². The lowest BCUT2D eigenvalue weighted by Crippen LogP contribution is -2.35. The van der Waals surface area contributed by atoms with Crippen molar-refractivity contribution in [3.63, 3.8) is 0 Å². The van der Waals surface area contributed by atoms with Gasteiger partial charge in [0.1, 0.15) is 11.6 Å². The van der Waals surface area contributed by atoms with Crippen molar-refractivity contribution in [2.75, 3.05) is 5.73 Å². The predicted molar refractivity (Wildman–Crippen MR) is 61.3 cm³/mol. The molecule has 84 valence electrons. The summed E-state index contributed by atoms with van der Waals surface area (Å²) in [6.07, 6.45) is 4.28. The molecule has 1 aromatic rings. The minimum absolute atomic E-state index is 0.103. The lowest BCUT2D eigenvalue weighted by atomic mass is 10.1. The van der Waals surface area contributed by atoms with E-state index in [1.165, 1.54) is 29.7 Å². The number of amides is 2. The van der Waals surface area contributed by atoms with Crippen molar-refractivity contribution in [2.24, 2.45) is 0 Å². The molecule has 2 amide bonds. The Morgan fingerprint density at radius 1 is 1.47 bits per heavy atom. The van der Waals surface area contributed by atoms with Crippen LogP contribution in [0.2, 0.25) is 0 Å². The number of nitriles is 1. The van der Waals surface area contributed by atoms with Crippen LogP contribution in [0.1, 0.15) is 4.88 Å². The highest BCUT2D eigenvalue weighted by Gasteiger charge is 2.22. The second kappa shape index (κ2) is 4.19. The quantitative estimate of drug-likeness (QED) is 0.544. The number of carbonyl (C=O) groups is 2. The second-order valence-electron chi connectivity index (χ2n) is 3.15. The van der Waals surface area contributed by atoms with E-state index in [0.717, 1.165) is 0 Å². The van der Waals surface area contributed by atoms with E-state index in [0.29, 0.717) is 10.0 Å². The van der Waals surface area contributed by atoms with Crippen LogP contribution in [-0.4, -0.2) is 16.8 Å². The van der Waals surface area contributed by atoms with Crippen LogP contribution in [-0.2, 0) is 9.59 Å². The second-order valence-corrected chi connectivity index (χ2v) is 4.25. The fourth-order valence-corrected chi connectivity index (χ4v) is 1.88. The summed E-state index contributed by atoms with van der Waals surface area (Å²) in [4.78, 5) is 27.1. The number of aromatic nitrogens is 1. The summed E-state index contributed by atoms with van der Waals surface area (Å²) >= 11 is 1.21.